The van der Waals surface area contributed by atoms with Gasteiger partial charge in [0.25, 0.3) is 0 Å². The monoisotopic (exact) mass is 386 g/mol. The van der Waals surface area contributed by atoms with Crippen LogP contribution in [0.4, 0.5) is 0 Å². The maximum absolute atomic E-state index is 13.8. The number of benzene rings is 1. The molecule has 1 unspecified atom stereocenters. The molecule has 3 heterocycles. The van der Waals surface area contributed by atoms with Crippen molar-refractivity contribution in [3.8, 4) is 0 Å². The first-order valence-corrected chi connectivity index (χ1v) is 10.7. The fourth-order valence-electron chi connectivity index (χ4n) is 5.45. The fraction of sp³-hybridized carbons (Fsp3) is 0.696. The third kappa shape index (κ3) is 3.72. The van der Waals surface area contributed by atoms with Crippen LogP contribution in [0.2, 0.25) is 0 Å². The van der Waals surface area contributed by atoms with E-state index in [-0.39, 0.29) is 11.5 Å². The molecule has 1 spiro atoms. The van der Waals surface area contributed by atoms with Crippen LogP contribution in [0.5, 0.6) is 0 Å². The Labute approximate surface area is 168 Å². The van der Waals surface area contributed by atoms with Gasteiger partial charge in [-0.15, -0.1) is 0 Å². The van der Waals surface area contributed by atoms with Crippen LogP contribution in [0.3, 0.4) is 0 Å². The predicted molar refractivity (Wildman–Crippen MR) is 109 cm³/mol. The Kier molecular flexibility index (Phi) is 5.27. The zero-order valence-electron chi connectivity index (χ0n) is 17.3. The molecule has 5 heteroatoms. The molecule has 0 aromatic heterocycles. The van der Waals surface area contributed by atoms with Crippen molar-refractivity contribution in [3.05, 3.63) is 35.9 Å². The van der Waals surface area contributed by atoms with Crippen LogP contribution in [0.1, 0.15) is 51.0 Å². The number of carbonyl (C=O) groups is 1. The maximum Gasteiger partial charge on any atom is 0.233 e. The van der Waals surface area contributed by atoms with E-state index in [1.165, 1.54) is 0 Å². The van der Waals surface area contributed by atoms with Gasteiger partial charge in [-0.05, 0) is 64.7 Å². The van der Waals surface area contributed by atoms with E-state index < -0.39 is 11.0 Å². The Morgan fingerprint density at radius 3 is 2.25 bits per heavy atom. The van der Waals surface area contributed by atoms with E-state index in [1.807, 2.05) is 25.1 Å². The smallest absolute Gasteiger partial charge is 0.233 e. The summed E-state index contributed by atoms with van der Waals surface area (Å²) in [6.45, 7) is 5.87. The molecule has 0 aliphatic carbocycles. The third-order valence-corrected chi connectivity index (χ3v) is 7.29. The summed E-state index contributed by atoms with van der Waals surface area (Å²) in [6.07, 6.45) is 4.76. The molecular formula is C23H34N2O3. The van der Waals surface area contributed by atoms with Crippen LogP contribution in [-0.4, -0.2) is 71.8 Å². The number of hydrogen-bond donors (Lipinski definition) is 1. The molecule has 3 fully saturated rings. The highest BCUT2D eigenvalue weighted by molar-refractivity contribution is 5.88. The summed E-state index contributed by atoms with van der Waals surface area (Å²) in [6, 6.07) is 10.4. The minimum Gasteiger partial charge on any atom is -0.390 e. The molecule has 28 heavy (non-hydrogen) atoms. The molecule has 0 radical (unpaired) electrons. The highest BCUT2D eigenvalue weighted by Gasteiger charge is 2.49. The van der Waals surface area contributed by atoms with Gasteiger partial charge in [0.05, 0.1) is 23.2 Å². The lowest BCUT2D eigenvalue weighted by Crippen LogP contribution is -2.58. The zero-order valence-corrected chi connectivity index (χ0v) is 17.3. The molecular weight excluding hydrogens is 352 g/mol. The lowest BCUT2D eigenvalue weighted by molar-refractivity contribution is -0.177. The van der Waals surface area contributed by atoms with Gasteiger partial charge >= 0.3 is 0 Å². The normalized spacial score (nSPS) is 30.3. The Morgan fingerprint density at radius 2 is 1.64 bits per heavy atom. The number of carbonyl (C=O) groups excluding carboxylic acids is 1. The number of likely N-dealkylation sites (tertiary alicyclic amines) is 2. The Morgan fingerprint density at radius 1 is 1.00 bits per heavy atom. The second-order valence-electron chi connectivity index (χ2n) is 9.50. The molecule has 1 amide bonds. The summed E-state index contributed by atoms with van der Waals surface area (Å²) >= 11 is 0. The fourth-order valence-corrected chi connectivity index (χ4v) is 5.45. The topological polar surface area (TPSA) is 53.0 Å². The molecule has 1 N–H and O–H groups in total. The zero-order chi connectivity index (χ0) is 19.8. The van der Waals surface area contributed by atoms with Crippen LogP contribution >= 0.6 is 0 Å². The van der Waals surface area contributed by atoms with E-state index in [1.54, 1.807) is 0 Å². The molecule has 1 aromatic rings. The summed E-state index contributed by atoms with van der Waals surface area (Å²) < 4.78 is 6.13. The van der Waals surface area contributed by atoms with E-state index in [4.69, 9.17) is 4.74 Å². The predicted octanol–water partition coefficient (Wildman–Crippen LogP) is 2.57. The first kappa shape index (κ1) is 19.9. The van der Waals surface area contributed by atoms with Gasteiger partial charge < -0.3 is 19.6 Å². The summed E-state index contributed by atoms with van der Waals surface area (Å²) in [5.41, 5.74) is -0.156. The largest absolute Gasteiger partial charge is 0.390 e. The molecule has 1 atom stereocenters. The lowest BCUT2D eigenvalue weighted by Gasteiger charge is -2.50. The van der Waals surface area contributed by atoms with Gasteiger partial charge in [-0.2, -0.15) is 0 Å². The van der Waals surface area contributed by atoms with Crippen molar-refractivity contribution >= 4 is 5.91 Å². The number of amides is 1. The number of piperidine rings is 2. The molecule has 3 aliphatic rings. The lowest BCUT2D eigenvalue weighted by atomic mass is 9.71. The minimum absolute atomic E-state index is 0.259. The molecule has 3 aliphatic heterocycles. The van der Waals surface area contributed by atoms with Crippen molar-refractivity contribution in [1.29, 1.82) is 0 Å². The number of aliphatic hydroxyl groups is 1. The van der Waals surface area contributed by atoms with Crippen molar-refractivity contribution in [2.24, 2.45) is 0 Å². The van der Waals surface area contributed by atoms with E-state index in [9.17, 15) is 9.90 Å². The van der Waals surface area contributed by atoms with Crippen LogP contribution in [0.25, 0.3) is 0 Å². The highest BCUT2D eigenvalue weighted by atomic mass is 16.5. The highest BCUT2D eigenvalue weighted by Crippen LogP contribution is 2.42. The van der Waals surface area contributed by atoms with Crippen molar-refractivity contribution in [2.45, 2.75) is 62.1 Å². The first-order chi connectivity index (χ1) is 13.3. The van der Waals surface area contributed by atoms with E-state index >= 15 is 0 Å². The van der Waals surface area contributed by atoms with Gasteiger partial charge in [0.15, 0.2) is 0 Å². The average Bonchev–Trinajstić information content (AvgIpc) is 2.69. The van der Waals surface area contributed by atoms with Crippen molar-refractivity contribution in [1.82, 2.24) is 9.80 Å². The number of rotatable bonds is 2. The standard InChI is InChI=1S/C23H34N2O3/c1-21(27)12-17-28-22(18-21)8-15-25(16-9-22)20(26)23(10-13-24(2)14-11-23)19-6-4-3-5-7-19/h3-7,27H,8-18H2,1-2H3. The minimum atomic E-state index is -0.649. The number of hydrogen-bond acceptors (Lipinski definition) is 4. The quantitative estimate of drug-likeness (QED) is 0.849. The number of nitrogens with zero attached hydrogens (tertiary/aromatic N) is 2. The summed E-state index contributed by atoms with van der Waals surface area (Å²) in [5, 5.41) is 10.5. The first-order valence-electron chi connectivity index (χ1n) is 10.7. The summed E-state index contributed by atoms with van der Waals surface area (Å²) in [4.78, 5) is 18.2. The van der Waals surface area contributed by atoms with Gasteiger partial charge in [0, 0.05) is 19.5 Å². The van der Waals surface area contributed by atoms with Gasteiger partial charge in [0.2, 0.25) is 5.91 Å². The molecule has 4 rings (SSSR count). The SMILES string of the molecule is CN1CCC(C(=O)N2CCC3(CC2)CC(C)(O)CCO3)(c2ccccc2)CC1. The third-order valence-electron chi connectivity index (χ3n) is 7.29. The Bertz CT molecular complexity index is 687. The molecule has 1 aromatic carbocycles. The maximum atomic E-state index is 13.8. The van der Waals surface area contributed by atoms with Gasteiger partial charge in [-0.1, -0.05) is 30.3 Å². The summed E-state index contributed by atoms with van der Waals surface area (Å²) in [5.74, 6) is 0.282. The average molecular weight is 387 g/mol. The van der Waals surface area contributed by atoms with Crippen molar-refractivity contribution < 1.29 is 14.6 Å². The molecule has 5 nitrogen and oxygen atoms in total. The Balaban J connectivity index is 1.51. The van der Waals surface area contributed by atoms with Crippen molar-refractivity contribution in [3.63, 3.8) is 0 Å². The van der Waals surface area contributed by atoms with E-state index in [0.29, 0.717) is 19.4 Å². The molecule has 3 saturated heterocycles. The van der Waals surface area contributed by atoms with Gasteiger partial charge in [0.1, 0.15) is 0 Å². The van der Waals surface area contributed by atoms with Crippen LogP contribution in [0.15, 0.2) is 30.3 Å². The molecule has 154 valence electrons. The van der Waals surface area contributed by atoms with Gasteiger partial charge in [-0.25, -0.2) is 0 Å². The second kappa shape index (κ2) is 7.43. The van der Waals surface area contributed by atoms with E-state index in [0.717, 1.165) is 57.4 Å². The Hall–Kier alpha value is -1.43. The second-order valence-corrected chi connectivity index (χ2v) is 9.50. The summed E-state index contributed by atoms with van der Waals surface area (Å²) in [7, 11) is 2.14. The molecule has 0 saturated carbocycles. The van der Waals surface area contributed by atoms with Crippen LogP contribution in [-0.2, 0) is 14.9 Å². The number of ether oxygens (including phenoxy) is 1. The molecule has 0 bridgehead atoms. The van der Waals surface area contributed by atoms with Gasteiger partial charge in [-0.3, -0.25) is 4.79 Å². The van der Waals surface area contributed by atoms with Crippen molar-refractivity contribution in [2.75, 3.05) is 39.8 Å². The van der Waals surface area contributed by atoms with E-state index in [2.05, 4.69) is 29.0 Å². The van der Waals surface area contributed by atoms with Crippen LogP contribution in [0, 0.1) is 0 Å². The van der Waals surface area contributed by atoms with Crippen LogP contribution < -0.4 is 0 Å².